The number of aromatic amines is 1. The minimum Gasteiger partial charge on any atom is -0.293 e. The Kier molecular flexibility index (Phi) is 3.23. The SMILES string of the molecule is Cc1ccc(-n2[nH]c(C(C)(C)C)c(Br)c2=O)cc1. The molecule has 0 unspecified atom stereocenters. The summed E-state index contributed by atoms with van der Waals surface area (Å²) >= 11 is 3.38. The van der Waals surface area contributed by atoms with Crippen molar-refractivity contribution in [2.24, 2.45) is 0 Å². The Labute approximate surface area is 115 Å². The van der Waals surface area contributed by atoms with Crippen LogP contribution in [0.2, 0.25) is 0 Å². The van der Waals surface area contributed by atoms with Crippen LogP contribution in [0.25, 0.3) is 5.69 Å². The Morgan fingerprint density at radius 1 is 1.17 bits per heavy atom. The lowest BCUT2D eigenvalue weighted by atomic mass is 9.93. The Morgan fingerprint density at radius 2 is 1.72 bits per heavy atom. The van der Waals surface area contributed by atoms with Crippen LogP contribution < -0.4 is 5.56 Å². The van der Waals surface area contributed by atoms with Gasteiger partial charge in [-0.2, -0.15) is 0 Å². The van der Waals surface area contributed by atoms with Crippen molar-refractivity contribution in [3.8, 4) is 5.69 Å². The van der Waals surface area contributed by atoms with E-state index in [9.17, 15) is 4.79 Å². The van der Waals surface area contributed by atoms with Gasteiger partial charge in [0.25, 0.3) is 5.56 Å². The minimum absolute atomic E-state index is 0.0521. The first kappa shape index (κ1) is 13.1. The van der Waals surface area contributed by atoms with Crippen molar-refractivity contribution in [3.63, 3.8) is 0 Å². The highest BCUT2D eigenvalue weighted by Crippen LogP contribution is 2.26. The Morgan fingerprint density at radius 3 is 2.17 bits per heavy atom. The lowest BCUT2D eigenvalue weighted by molar-refractivity contribution is 0.557. The zero-order valence-corrected chi connectivity index (χ0v) is 12.6. The third-order valence-electron chi connectivity index (χ3n) is 2.88. The van der Waals surface area contributed by atoms with Gasteiger partial charge in [0.1, 0.15) is 4.47 Å². The quantitative estimate of drug-likeness (QED) is 0.860. The fraction of sp³-hybridized carbons (Fsp3) is 0.357. The predicted octanol–water partition coefficient (Wildman–Crippen LogP) is 3.53. The number of rotatable bonds is 1. The van der Waals surface area contributed by atoms with E-state index in [1.165, 1.54) is 5.56 Å². The number of nitrogens with one attached hydrogen (secondary N) is 1. The minimum atomic E-state index is -0.103. The van der Waals surface area contributed by atoms with Crippen molar-refractivity contribution in [2.75, 3.05) is 0 Å². The molecule has 1 N–H and O–H groups in total. The van der Waals surface area contributed by atoms with E-state index in [2.05, 4.69) is 41.8 Å². The first-order valence-corrected chi connectivity index (χ1v) is 6.68. The number of halogens is 1. The van der Waals surface area contributed by atoms with Crippen molar-refractivity contribution < 1.29 is 0 Å². The molecular weight excluding hydrogens is 292 g/mol. The van der Waals surface area contributed by atoms with E-state index in [-0.39, 0.29) is 11.0 Å². The molecule has 96 valence electrons. The van der Waals surface area contributed by atoms with E-state index >= 15 is 0 Å². The Bertz CT molecular complexity index is 615. The number of aryl methyl sites for hydroxylation is 1. The molecule has 18 heavy (non-hydrogen) atoms. The van der Waals surface area contributed by atoms with Crippen molar-refractivity contribution in [2.45, 2.75) is 33.1 Å². The molecule has 0 fully saturated rings. The molecule has 0 saturated carbocycles. The van der Waals surface area contributed by atoms with Gasteiger partial charge in [-0.15, -0.1) is 0 Å². The molecule has 1 heterocycles. The molecule has 0 spiro atoms. The van der Waals surface area contributed by atoms with Gasteiger partial charge in [-0.05, 0) is 35.0 Å². The van der Waals surface area contributed by atoms with Crippen molar-refractivity contribution in [1.29, 1.82) is 0 Å². The number of H-pyrrole nitrogens is 1. The summed E-state index contributed by atoms with van der Waals surface area (Å²) < 4.78 is 2.18. The molecule has 1 aromatic heterocycles. The van der Waals surface area contributed by atoms with Gasteiger partial charge in [-0.3, -0.25) is 9.89 Å². The molecule has 3 nitrogen and oxygen atoms in total. The second-order valence-electron chi connectivity index (χ2n) is 5.53. The standard InChI is InChI=1S/C14H17BrN2O/c1-9-5-7-10(8-6-9)17-13(18)11(15)12(16-17)14(2,3)4/h5-8,16H,1-4H3. The molecule has 0 aliphatic heterocycles. The molecule has 2 aromatic rings. The average molecular weight is 309 g/mol. The van der Waals surface area contributed by atoms with E-state index in [0.717, 1.165) is 11.4 Å². The monoisotopic (exact) mass is 308 g/mol. The number of hydrogen-bond acceptors (Lipinski definition) is 1. The fourth-order valence-electron chi connectivity index (χ4n) is 1.79. The Hall–Kier alpha value is -1.29. The van der Waals surface area contributed by atoms with Gasteiger partial charge in [-0.1, -0.05) is 38.5 Å². The number of nitrogens with zero attached hydrogens (tertiary/aromatic N) is 1. The summed E-state index contributed by atoms with van der Waals surface area (Å²) in [7, 11) is 0. The predicted molar refractivity (Wildman–Crippen MR) is 77.5 cm³/mol. The van der Waals surface area contributed by atoms with Crippen LogP contribution in [0.5, 0.6) is 0 Å². The third-order valence-corrected chi connectivity index (χ3v) is 3.61. The van der Waals surface area contributed by atoms with Crippen LogP contribution >= 0.6 is 15.9 Å². The van der Waals surface area contributed by atoms with Crippen LogP contribution in [0.3, 0.4) is 0 Å². The first-order chi connectivity index (χ1) is 8.30. The van der Waals surface area contributed by atoms with Crippen LogP contribution in [0.4, 0.5) is 0 Å². The van der Waals surface area contributed by atoms with Gasteiger partial charge in [0.2, 0.25) is 0 Å². The van der Waals surface area contributed by atoms with Crippen LogP contribution in [0.1, 0.15) is 32.0 Å². The Balaban J connectivity index is 2.60. The second kappa shape index (κ2) is 4.43. The van der Waals surface area contributed by atoms with Gasteiger partial charge >= 0.3 is 0 Å². The maximum absolute atomic E-state index is 12.2. The molecular formula is C14H17BrN2O. The molecule has 0 radical (unpaired) electrons. The van der Waals surface area contributed by atoms with Crippen molar-refractivity contribution >= 4 is 15.9 Å². The summed E-state index contributed by atoms with van der Waals surface area (Å²) in [5, 5.41) is 3.18. The normalized spacial score (nSPS) is 11.8. The van der Waals surface area contributed by atoms with Crippen molar-refractivity contribution in [3.05, 3.63) is 50.3 Å². The third kappa shape index (κ3) is 2.29. The highest BCUT2D eigenvalue weighted by atomic mass is 79.9. The van der Waals surface area contributed by atoms with Gasteiger partial charge < -0.3 is 0 Å². The molecule has 0 amide bonds. The van der Waals surface area contributed by atoms with E-state index in [1.807, 2.05) is 31.2 Å². The van der Waals surface area contributed by atoms with Gasteiger partial charge in [0.15, 0.2) is 0 Å². The summed E-state index contributed by atoms with van der Waals surface area (Å²) in [5.41, 5.74) is 2.78. The molecule has 0 bridgehead atoms. The zero-order valence-electron chi connectivity index (χ0n) is 11.0. The molecule has 0 atom stereocenters. The highest BCUT2D eigenvalue weighted by molar-refractivity contribution is 9.10. The van der Waals surface area contributed by atoms with Gasteiger partial charge in [0, 0.05) is 5.41 Å². The first-order valence-electron chi connectivity index (χ1n) is 5.89. The second-order valence-corrected chi connectivity index (χ2v) is 6.32. The lowest BCUT2D eigenvalue weighted by Gasteiger charge is -2.16. The topological polar surface area (TPSA) is 37.8 Å². The summed E-state index contributed by atoms with van der Waals surface area (Å²) in [4.78, 5) is 12.2. The molecule has 0 saturated heterocycles. The van der Waals surface area contributed by atoms with E-state index < -0.39 is 0 Å². The maximum Gasteiger partial charge on any atom is 0.285 e. The van der Waals surface area contributed by atoms with E-state index in [1.54, 1.807) is 4.68 Å². The summed E-state index contributed by atoms with van der Waals surface area (Å²) in [6.07, 6.45) is 0. The molecule has 1 aromatic carbocycles. The van der Waals surface area contributed by atoms with Crippen LogP contribution in [-0.2, 0) is 5.41 Å². The highest BCUT2D eigenvalue weighted by Gasteiger charge is 2.23. The van der Waals surface area contributed by atoms with E-state index in [4.69, 9.17) is 0 Å². The molecule has 0 aliphatic rings. The fourth-order valence-corrected chi connectivity index (χ4v) is 2.65. The largest absolute Gasteiger partial charge is 0.293 e. The smallest absolute Gasteiger partial charge is 0.285 e. The summed E-state index contributed by atoms with van der Waals surface area (Å²) in [6.45, 7) is 8.24. The van der Waals surface area contributed by atoms with Gasteiger partial charge in [-0.25, -0.2) is 4.68 Å². The average Bonchev–Trinajstić information content (AvgIpc) is 2.57. The van der Waals surface area contributed by atoms with Gasteiger partial charge in [0.05, 0.1) is 11.4 Å². The maximum atomic E-state index is 12.2. The summed E-state index contributed by atoms with van der Waals surface area (Å²) in [6, 6.07) is 7.86. The number of aromatic nitrogens is 2. The van der Waals surface area contributed by atoms with Crippen LogP contribution in [-0.4, -0.2) is 9.78 Å². The molecule has 0 aliphatic carbocycles. The van der Waals surface area contributed by atoms with Crippen LogP contribution in [0.15, 0.2) is 33.5 Å². The molecule has 4 heteroatoms. The zero-order chi connectivity index (χ0) is 13.5. The van der Waals surface area contributed by atoms with E-state index in [0.29, 0.717) is 4.47 Å². The van der Waals surface area contributed by atoms with Crippen molar-refractivity contribution in [1.82, 2.24) is 9.78 Å². The molecule has 2 rings (SSSR count). The lowest BCUT2D eigenvalue weighted by Crippen LogP contribution is -2.14. The number of hydrogen-bond donors (Lipinski definition) is 1. The summed E-state index contributed by atoms with van der Waals surface area (Å²) in [5.74, 6) is 0. The number of benzene rings is 1. The van der Waals surface area contributed by atoms with Crippen LogP contribution in [0, 0.1) is 6.92 Å².